The molecule has 38 heavy (non-hydrogen) atoms. The van der Waals surface area contributed by atoms with Gasteiger partial charge in [-0.2, -0.15) is 0 Å². The molecular formula is C31H30O7. The quantitative estimate of drug-likeness (QED) is 0.273. The first-order chi connectivity index (χ1) is 18.5. The Hall–Kier alpha value is -4.26. The minimum atomic E-state index is -0.951. The summed E-state index contributed by atoms with van der Waals surface area (Å²) in [5.74, 6) is 1.73. The first-order valence-corrected chi connectivity index (χ1v) is 12.9. The lowest BCUT2D eigenvalue weighted by Crippen LogP contribution is -2.22. The molecule has 196 valence electrons. The van der Waals surface area contributed by atoms with Crippen molar-refractivity contribution >= 4 is 16.9 Å². The highest BCUT2D eigenvalue weighted by Crippen LogP contribution is 2.36. The fraction of sp³-hybridized carbons (Fsp3) is 0.290. The van der Waals surface area contributed by atoms with Gasteiger partial charge in [0.05, 0.1) is 30.8 Å². The van der Waals surface area contributed by atoms with Gasteiger partial charge in [0.2, 0.25) is 11.5 Å². The van der Waals surface area contributed by atoms with Gasteiger partial charge in [-0.1, -0.05) is 43.3 Å². The van der Waals surface area contributed by atoms with Crippen LogP contribution in [0.25, 0.3) is 22.1 Å². The van der Waals surface area contributed by atoms with Crippen LogP contribution < -0.4 is 19.6 Å². The second-order valence-electron chi connectivity index (χ2n) is 9.04. The molecule has 1 aromatic heterocycles. The minimum Gasteiger partial charge on any atom is -0.490 e. The molecule has 0 aliphatic carbocycles. The number of ether oxygens (including phenoxy) is 4. The molecule has 0 spiro atoms. The predicted octanol–water partition coefficient (Wildman–Crippen LogP) is 6.18. The molecule has 7 nitrogen and oxygen atoms in total. The highest BCUT2D eigenvalue weighted by Gasteiger charge is 2.26. The Labute approximate surface area is 220 Å². The van der Waals surface area contributed by atoms with Gasteiger partial charge in [0.25, 0.3) is 0 Å². The zero-order valence-electron chi connectivity index (χ0n) is 21.7. The van der Waals surface area contributed by atoms with E-state index >= 15 is 0 Å². The Morgan fingerprint density at radius 1 is 0.974 bits per heavy atom. The maximum atomic E-state index is 13.8. The SMILES string of the molecule is CCOC(=O)C(Oc1cc2oc(C)c(-c3ccc4c(c3)OCCCO4)c(=O)c2cc1CC)c1ccccc1. The van der Waals surface area contributed by atoms with Crippen LogP contribution in [0.3, 0.4) is 0 Å². The first-order valence-electron chi connectivity index (χ1n) is 12.9. The zero-order valence-corrected chi connectivity index (χ0v) is 21.7. The number of benzene rings is 3. The standard InChI is InChI=1S/C31H30O7/c1-4-20-16-23-26(18-25(20)38-30(31(33)34-5-2)21-10-7-6-8-11-21)37-19(3)28(29(23)32)22-12-13-24-27(17-22)36-15-9-14-35-24/h6-8,10-13,16-18,30H,4-5,9,14-15H2,1-3H3. The lowest BCUT2D eigenvalue weighted by atomic mass is 10.00. The van der Waals surface area contributed by atoms with Crippen molar-refractivity contribution in [3.63, 3.8) is 0 Å². The minimum absolute atomic E-state index is 0.149. The van der Waals surface area contributed by atoms with Crippen molar-refractivity contribution in [2.45, 2.75) is 39.7 Å². The number of aryl methyl sites for hydroxylation is 2. The summed E-state index contributed by atoms with van der Waals surface area (Å²) in [5.41, 5.74) is 2.86. The summed E-state index contributed by atoms with van der Waals surface area (Å²) in [7, 11) is 0. The highest BCUT2D eigenvalue weighted by molar-refractivity contribution is 5.85. The third-order valence-electron chi connectivity index (χ3n) is 6.51. The fourth-order valence-corrected chi connectivity index (χ4v) is 4.64. The molecule has 1 aliphatic rings. The fourth-order valence-electron chi connectivity index (χ4n) is 4.64. The van der Waals surface area contributed by atoms with E-state index in [9.17, 15) is 9.59 Å². The number of hydrogen-bond donors (Lipinski definition) is 0. The zero-order chi connectivity index (χ0) is 26.6. The van der Waals surface area contributed by atoms with Gasteiger partial charge < -0.3 is 23.4 Å². The first kappa shape index (κ1) is 25.4. The third kappa shape index (κ3) is 4.96. The normalized spacial score (nSPS) is 13.6. The van der Waals surface area contributed by atoms with Crippen LogP contribution in [0.4, 0.5) is 0 Å². The maximum Gasteiger partial charge on any atom is 0.352 e. The number of carbonyl (C=O) groups excluding carboxylic acids is 1. The average Bonchev–Trinajstić information content (AvgIpc) is 3.17. The molecular weight excluding hydrogens is 484 g/mol. The van der Waals surface area contributed by atoms with E-state index in [1.807, 2.05) is 55.5 Å². The second kappa shape index (κ2) is 11.0. The van der Waals surface area contributed by atoms with E-state index in [2.05, 4.69) is 0 Å². The van der Waals surface area contributed by atoms with Crippen molar-refractivity contribution in [3.05, 3.63) is 87.8 Å². The second-order valence-corrected chi connectivity index (χ2v) is 9.04. The van der Waals surface area contributed by atoms with E-state index in [1.54, 1.807) is 26.0 Å². The summed E-state index contributed by atoms with van der Waals surface area (Å²) >= 11 is 0. The molecule has 0 bridgehead atoms. The van der Waals surface area contributed by atoms with Gasteiger partial charge in [-0.15, -0.1) is 0 Å². The number of hydrogen-bond acceptors (Lipinski definition) is 7. The van der Waals surface area contributed by atoms with Crippen LogP contribution in [0.15, 0.2) is 69.9 Å². The molecule has 0 fully saturated rings. The van der Waals surface area contributed by atoms with Gasteiger partial charge in [0, 0.05) is 18.1 Å². The molecule has 0 saturated heterocycles. The molecule has 5 rings (SSSR count). The smallest absolute Gasteiger partial charge is 0.352 e. The van der Waals surface area contributed by atoms with Crippen molar-refractivity contribution in [2.75, 3.05) is 19.8 Å². The Balaban J connectivity index is 1.58. The molecule has 1 atom stereocenters. The summed E-state index contributed by atoms with van der Waals surface area (Å²) in [5, 5.41) is 0.439. The van der Waals surface area contributed by atoms with E-state index in [0.717, 1.165) is 12.0 Å². The van der Waals surface area contributed by atoms with Crippen LogP contribution in [0.2, 0.25) is 0 Å². The van der Waals surface area contributed by atoms with Crippen LogP contribution in [-0.2, 0) is 16.0 Å². The average molecular weight is 515 g/mol. The van der Waals surface area contributed by atoms with Crippen molar-refractivity contribution in [2.24, 2.45) is 0 Å². The van der Waals surface area contributed by atoms with Gasteiger partial charge >= 0.3 is 5.97 Å². The number of rotatable bonds is 7. The number of fused-ring (bicyclic) bond motifs is 2. The van der Waals surface area contributed by atoms with Crippen LogP contribution >= 0.6 is 0 Å². The van der Waals surface area contributed by atoms with Gasteiger partial charge in [-0.05, 0) is 49.6 Å². The number of carbonyl (C=O) groups is 1. The molecule has 1 unspecified atom stereocenters. The molecule has 0 radical (unpaired) electrons. The highest BCUT2D eigenvalue weighted by atomic mass is 16.6. The van der Waals surface area contributed by atoms with E-state index in [0.29, 0.717) is 70.3 Å². The van der Waals surface area contributed by atoms with Crippen molar-refractivity contribution in [1.29, 1.82) is 0 Å². The van der Waals surface area contributed by atoms with E-state index in [-0.39, 0.29) is 12.0 Å². The summed E-state index contributed by atoms with van der Waals surface area (Å²) in [6, 6.07) is 18.2. The molecule has 3 aromatic carbocycles. The van der Waals surface area contributed by atoms with Gasteiger partial charge in [-0.25, -0.2) is 4.79 Å². The third-order valence-corrected chi connectivity index (χ3v) is 6.51. The van der Waals surface area contributed by atoms with Crippen molar-refractivity contribution in [3.8, 4) is 28.4 Å². The van der Waals surface area contributed by atoms with Gasteiger partial charge in [0.1, 0.15) is 17.1 Å². The number of esters is 1. The molecule has 2 heterocycles. The molecule has 7 heteroatoms. The molecule has 0 amide bonds. The Bertz CT molecular complexity index is 1520. The summed E-state index contributed by atoms with van der Waals surface area (Å²) < 4.78 is 29.3. The largest absolute Gasteiger partial charge is 0.490 e. The Morgan fingerprint density at radius 3 is 2.47 bits per heavy atom. The van der Waals surface area contributed by atoms with Crippen LogP contribution in [0.5, 0.6) is 17.2 Å². The Kier molecular flexibility index (Phi) is 7.36. The van der Waals surface area contributed by atoms with Crippen LogP contribution in [0, 0.1) is 6.92 Å². The van der Waals surface area contributed by atoms with E-state index in [1.165, 1.54) is 0 Å². The topological polar surface area (TPSA) is 84.2 Å². The van der Waals surface area contributed by atoms with Gasteiger partial charge in [-0.3, -0.25) is 4.79 Å². The predicted molar refractivity (Wildman–Crippen MR) is 144 cm³/mol. The van der Waals surface area contributed by atoms with Crippen molar-refractivity contribution in [1.82, 2.24) is 0 Å². The van der Waals surface area contributed by atoms with E-state index in [4.69, 9.17) is 23.4 Å². The van der Waals surface area contributed by atoms with Crippen LogP contribution in [-0.4, -0.2) is 25.8 Å². The van der Waals surface area contributed by atoms with Crippen molar-refractivity contribution < 1.29 is 28.2 Å². The molecule has 4 aromatic rings. The lowest BCUT2D eigenvalue weighted by molar-refractivity contribution is -0.151. The molecule has 0 saturated carbocycles. The Morgan fingerprint density at radius 2 is 1.74 bits per heavy atom. The van der Waals surface area contributed by atoms with E-state index < -0.39 is 12.1 Å². The summed E-state index contributed by atoms with van der Waals surface area (Å²) in [4.78, 5) is 26.6. The van der Waals surface area contributed by atoms with Crippen LogP contribution in [0.1, 0.15) is 43.3 Å². The summed E-state index contributed by atoms with van der Waals surface area (Å²) in [6.07, 6.45) is 0.433. The molecule has 1 aliphatic heterocycles. The lowest BCUT2D eigenvalue weighted by Gasteiger charge is -2.20. The summed E-state index contributed by atoms with van der Waals surface area (Å²) in [6.45, 7) is 6.87. The monoisotopic (exact) mass is 514 g/mol. The maximum absolute atomic E-state index is 13.8. The molecule has 0 N–H and O–H groups in total. The van der Waals surface area contributed by atoms with Gasteiger partial charge in [0.15, 0.2) is 11.5 Å².